The van der Waals surface area contributed by atoms with Gasteiger partial charge in [-0.3, -0.25) is 0 Å². The van der Waals surface area contributed by atoms with E-state index in [4.69, 9.17) is 15.8 Å². The van der Waals surface area contributed by atoms with Gasteiger partial charge in [0, 0.05) is 19.1 Å². The molecule has 0 aromatic rings. The molecule has 1 atom stereocenters. The molecule has 0 amide bonds. The van der Waals surface area contributed by atoms with Gasteiger partial charge < -0.3 is 25.8 Å². The molecule has 1 unspecified atom stereocenters. The summed E-state index contributed by atoms with van der Waals surface area (Å²) in [7, 11) is -1.18. The first kappa shape index (κ1) is 15.9. The van der Waals surface area contributed by atoms with Crippen molar-refractivity contribution in [2.75, 3.05) is 19.6 Å². The Balaban J connectivity index is 1.97. The number of hydrogen-bond acceptors (Lipinski definition) is 5. The number of hydrogen-bond donors (Lipinski definition) is 4. The zero-order valence-electron chi connectivity index (χ0n) is 11.2. The van der Waals surface area contributed by atoms with Crippen LogP contribution in [0, 0.1) is 0 Å². The van der Waals surface area contributed by atoms with Crippen LogP contribution in [0.3, 0.4) is 0 Å². The minimum atomic E-state index is -1.18. The molecular formula is C12H27BN2O3. The molecular weight excluding hydrogens is 231 g/mol. The fourth-order valence-corrected chi connectivity index (χ4v) is 2.37. The number of aliphatic hydroxyl groups is 1. The largest absolute Gasteiger partial charge is 0.451 e. The fourth-order valence-electron chi connectivity index (χ4n) is 2.37. The second-order valence-electron chi connectivity index (χ2n) is 5.39. The Morgan fingerprint density at radius 1 is 1.17 bits per heavy atom. The summed E-state index contributed by atoms with van der Waals surface area (Å²) in [6.07, 6.45) is 5.80. The molecule has 18 heavy (non-hydrogen) atoms. The van der Waals surface area contributed by atoms with E-state index >= 15 is 0 Å². The molecule has 0 aromatic carbocycles. The van der Waals surface area contributed by atoms with Crippen LogP contribution in [0.2, 0.25) is 6.32 Å². The second-order valence-corrected chi connectivity index (χ2v) is 5.39. The van der Waals surface area contributed by atoms with Gasteiger partial charge in [-0.2, -0.15) is 0 Å². The first-order valence-electron chi connectivity index (χ1n) is 7.10. The maximum Gasteiger partial charge on any atom is 0.451 e. The summed E-state index contributed by atoms with van der Waals surface area (Å²) in [6, 6.07) is 0.202. The van der Waals surface area contributed by atoms with Crippen molar-refractivity contribution in [3.8, 4) is 0 Å². The average Bonchev–Trinajstić information content (AvgIpc) is 2.34. The normalized spacial score (nSPS) is 20.0. The van der Waals surface area contributed by atoms with Crippen LogP contribution in [0.5, 0.6) is 0 Å². The molecule has 1 rings (SSSR count). The van der Waals surface area contributed by atoms with Crippen LogP contribution >= 0.6 is 0 Å². The Kier molecular flexibility index (Phi) is 7.85. The molecule has 6 heteroatoms. The molecule has 106 valence electrons. The number of nitrogens with two attached hydrogens (primary N) is 1. The van der Waals surface area contributed by atoms with Crippen molar-refractivity contribution in [2.45, 2.75) is 57.0 Å². The number of unbranched alkanes of at least 4 members (excludes halogenated alkanes) is 1. The van der Waals surface area contributed by atoms with Crippen LogP contribution in [0.4, 0.5) is 0 Å². The van der Waals surface area contributed by atoms with E-state index in [1.807, 2.05) is 0 Å². The number of piperidine rings is 1. The molecule has 5 N–H and O–H groups in total. The van der Waals surface area contributed by atoms with E-state index in [2.05, 4.69) is 4.90 Å². The van der Waals surface area contributed by atoms with Crippen LogP contribution in [0.25, 0.3) is 0 Å². The maximum atomic E-state index is 9.40. The average molecular weight is 258 g/mol. The second kappa shape index (κ2) is 8.88. The van der Waals surface area contributed by atoms with Gasteiger partial charge in [0.15, 0.2) is 0 Å². The third-order valence-electron chi connectivity index (χ3n) is 3.66. The predicted molar refractivity (Wildman–Crippen MR) is 73.1 cm³/mol. The van der Waals surface area contributed by atoms with Crippen LogP contribution < -0.4 is 5.73 Å². The van der Waals surface area contributed by atoms with Crippen molar-refractivity contribution in [1.82, 2.24) is 4.90 Å². The SMILES string of the molecule is NC(CCCCB(O)O)CCN1CCC(O)CC1. The van der Waals surface area contributed by atoms with Gasteiger partial charge in [-0.05, 0) is 38.5 Å². The zero-order chi connectivity index (χ0) is 13.4. The lowest BCUT2D eigenvalue weighted by Gasteiger charge is -2.30. The van der Waals surface area contributed by atoms with Gasteiger partial charge in [0.2, 0.25) is 0 Å². The molecule has 0 spiro atoms. The van der Waals surface area contributed by atoms with Crippen molar-refractivity contribution in [3.63, 3.8) is 0 Å². The summed E-state index contributed by atoms with van der Waals surface area (Å²) in [4.78, 5) is 2.37. The van der Waals surface area contributed by atoms with Gasteiger partial charge in [-0.25, -0.2) is 0 Å². The van der Waals surface area contributed by atoms with Crippen molar-refractivity contribution < 1.29 is 15.2 Å². The molecule has 1 heterocycles. The van der Waals surface area contributed by atoms with Crippen LogP contribution in [-0.4, -0.2) is 59.0 Å². The highest BCUT2D eigenvalue weighted by Crippen LogP contribution is 2.12. The van der Waals surface area contributed by atoms with Gasteiger partial charge in [-0.1, -0.05) is 12.8 Å². The summed E-state index contributed by atoms with van der Waals surface area (Å²) in [5.74, 6) is 0. The van der Waals surface area contributed by atoms with Crippen molar-refractivity contribution in [2.24, 2.45) is 5.73 Å². The number of likely N-dealkylation sites (tertiary alicyclic amines) is 1. The summed E-state index contributed by atoms with van der Waals surface area (Å²) in [6.45, 7) is 2.96. The standard InChI is InChI=1S/C12H27BN2O3/c14-11(3-1-2-7-13(17)18)4-8-15-9-5-12(16)6-10-15/h11-12,16-18H,1-10,14H2. The number of aliphatic hydroxyl groups excluding tert-OH is 1. The monoisotopic (exact) mass is 258 g/mol. The van der Waals surface area contributed by atoms with Crippen molar-refractivity contribution in [1.29, 1.82) is 0 Å². The molecule has 0 bridgehead atoms. The minimum Gasteiger partial charge on any atom is -0.427 e. The van der Waals surface area contributed by atoms with Crippen LogP contribution in [0.1, 0.15) is 38.5 Å². The van der Waals surface area contributed by atoms with Gasteiger partial charge >= 0.3 is 7.12 Å². The minimum absolute atomic E-state index is 0.111. The van der Waals surface area contributed by atoms with Crippen LogP contribution in [-0.2, 0) is 0 Å². The molecule has 0 radical (unpaired) electrons. The molecule has 1 aliphatic heterocycles. The molecule has 0 saturated carbocycles. The van der Waals surface area contributed by atoms with Crippen molar-refractivity contribution in [3.05, 3.63) is 0 Å². The highest BCUT2D eigenvalue weighted by molar-refractivity contribution is 6.40. The third-order valence-corrected chi connectivity index (χ3v) is 3.66. The lowest BCUT2D eigenvalue weighted by atomic mass is 9.83. The van der Waals surface area contributed by atoms with E-state index in [1.54, 1.807) is 0 Å². The fraction of sp³-hybridized carbons (Fsp3) is 1.00. The Hall–Kier alpha value is -0.135. The maximum absolute atomic E-state index is 9.40. The molecule has 1 aliphatic rings. The quantitative estimate of drug-likeness (QED) is 0.358. The molecule has 0 aliphatic carbocycles. The zero-order valence-corrected chi connectivity index (χ0v) is 11.2. The molecule has 0 aromatic heterocycles. The first-order chi connectivity index (χ1) is 8.58. The number of rotatable bonds is 8. The van der Waals surface area contributed by atoms with Gasteiger partial charge in [0.05, 0.1) is 6.10 Å². The van der Waals surface area contributed by atoms with E-state index in [1.165, 1.54) is 0 Å². The summed E-state index contributed by atoms with van der Waals surface area (Å²) >= 11 is 0. The smallest absolute Gasteiger partial charge is 0.427 e. The van der Waals surface area contributed by atoms with E-state index in [-0.39, 0.29) is 12.1 Å². The Morgan fingerprint density at radius 2 is 1.83 bits per heavy atom. The summed E-state index contributed by atoms with van der Waals surface area (Å²) in [5.41, 5.74) is 6.03. The first-order valence-corrected chi connectivity index (χ1v) is 7.10. The molecule has 1 fully saturated rings. The van der Waals surface area contributed by atoms with E-state index in [0.717, 1.165) is 58.2 Å². The Morgan fingerprint density at radius 3 is 2.44 bits per heavy atom. The highest BCUT2D eigenvalue weighted by Gasteiger charge is 2.17. The topological polar surface area (TPSA) is 90.0 Å². The van der Waals surface area contributed by atoms with Gasteiger partial charge in [0.1, 0.15) is 0 Å². The predicted octanol–water partition coefficient (Wildman–Crippen LogP) is -0.196. The summed E-state index contributed by atoms with van der Waals surface area (Å²) in [5, 5.41) is 26.8. The van der Waals surface area contributed by atoms with E-state index in [0.29, 0.717) is 6.32 Å². The lowest BCUT2D eigenvalue weighted by Crippen LogP contribution is -2.38. The Bertz CT molecular complexity index is 211. The van der Waals surface area contributed by atoms with Gasteiger partial charge in [-0.15, -0.1) is 0 Å². The lowest BCUT2D eigenvalue weighted by molar-refractivity contribution is 0.0811. The van der Waals surface area contributed by atoms with E-state index < -0.39 is 7.12 Å². The van der Waals surface area contributed by atoms with Gasteiger partial charge in [0.25, 0.3) is 0 Å². The van der Waals surface area contributed by atoms with Crippen molar-refractivity contribution >= 4 is 7.12 Å². The molecule has 1 saturated heterocycles. The van der Waals surface area contributed by atoms with Crippen LogP contribution in [0.15, 0.2) is 0 Å². The molecule has 5 nitrogen and oxygen atoms in total. The Labute approximate surface area is 110 Å². The summed E-state index contributed by atoms with van der Waals surface area (Å²) < 4.78 is 0. The highest BCUT2D eigenvalue weighted by atomic mass is 16.4. The third kappa shape index (κ3) is 7.33. The van der Waals surface area contributed by atoms with E-state index in [9.17, 15) is 5.11 Å². The number of nitrogens with zero attached hydrogens (tertiary/aromatic N) is 1.